The van der Waals surface area contributed by atoms with Gasteiger partial charge in [0.1, 0.15) is 11.4 Å². The van der Waals surface area contributed by atoms with Crippen molar-refractivity contribution in [2.24, 2.45) is 0 Å². The molecule has 8 heteroatoms. The fourth-order valence-corrected chi connectivity index (χ4v) is 1.98. The lowest BCUT2D eigenvalue weighted by Gasteiger charge is -2.19. The quantitative estimate of drug-likeness (QED) is 0.498. The zero-order valence-electron chi connectivity index (χ0n) is 13.6. The monoisotopic (exact) mass is 344 g/mol. The molecule has 23 heavy (non-hydrogen) atoms. The predicted octanol–water partition coefficient (Wildman–Crippen LogP) is 2.92. The minimum Gasteiger partial charge on any atom is -0.494 e. The first-order valence-electron chi connectivity index (χ1n) is 7.33. The van der Waals surface area contributed by atoms with Crippen molar-refractivity contribution in [3.05, 3.63) is 24.3 Å². The standard InChI is InChI=1S/C15H24N2O5S/c1-15(2,3)22-14(18)16-10-4-5-11-21-13-8-6-12(7-9-13)17-23(19)20/h6-9,17H,4-5,10-11H2,1-3H3,(H,16,18)(H,19,20). The van der Waals surface area contributed by atoms with Crippen LogP contribution in [-0.4, -0.2) is 33.6 Å². The zero-order chi connectivity index (χ0) is 17.3. The van der Waals surface area contributed by atoms with Gasteiger partial charge in [-0.3, -0.25) is 9.27 Å². The number of amides is 1. The molecule has 1 unspecified atom stereocenters. The second-order valence-electron chi connectivity index (χ2n) is 5.86. The highest BCUT2D eigenvalue weighted by Gasteiger charge is 2.15. The van der Waals surface area contributed by atoms with Gasteiger partial charge >= 0.3 is 6.09 Å². The Kier molecular flexibility index (Phi) is 7.84. The Bertz CT molecular complexity index is 514. The lowest BCUT2D eigenvalue weighted by atomic mass is 10.2. The van der Waals surface area contributed by atoms with Crippen LogP contribution in [0.15, 0.2) is 24.3 Å². The maximum absolute atomic E-state index is 11.4. The van der Waals surface area contributed by atoms with E-state index in [9.17, 15) is 9.00 Å². The Labute approximate surface area is 139 Å². The van der Waals surface area contributed by atoms with Crippen molar-refractivity contribution in [1.29, 1.82) is 0 Å². The molecule has 3 N–H and O–H groups in total. The molecule has 0 bridgehead atoms. The molecule has 0 aliphatic heterocycles. The molecule has 0 heterocycles. The average Bonchev–Trinajstić information content (AvgIpc) is 2.42. The van der Waals surface area contributed by atoms with Crippen LogP contribution in [0.5, 0.6) is 5.75 Å². The molecule has 1 aromatic rings. The number of ether oxygens (including phenoxy) is 2. The fraction of sp³-hybridized carbons (Fsp3) is 0.533. The summed E-state index contributed by atoms with van der Waals surface area (Å²) in [6.45, 7) is 6.51. The maximum Gasteiger partial charge on any atom is 0.407 e. The van der Waals surface area contributed by atoms with Gasteiger partial charge in [-0.15, -0.1) is 0 Å². The Hall–Kier alpha value is -1.80. The Morgan fingerprint density at radius 3 is 2.43 bits per heavy atom. The summed E-state index contributed by atoms with van der Waals surface area (Å²) in [6.07, 6.45) is 1.15. The van der Waals surface area contributed by atoms with Crippen LogP contribution in [0.2, 0.25) is 0 Å². The SMILES string of the molecule is CC(C)(C)OC(=O)NCCCCOc1ccc(NS(=O)O)cc1. The highest BCUT2D eigenvalue weighted by molar-refractivity contribution is 7.80. The summed E-state index contributed by atoms with van der Waals surface area (Å²) >= 11 is -2.08. The van der Waals surface area contributed by atoms with E-state index in [-0.39, 0.29) is 0 Å². The van der Waals surface area contributed by atoms with Crippen molar-refractivity contribution in [3.8, 4) is 5.75 Å². The molecule has 0 saturated carbocycles. The average molecular weight is 344 g/mol. The third-order valence-corrected chi connectivity index (χ3v) is 2.98. The second-order valence-corrected chi connectivity index (χ2v) is 6.56. The van der Waals surface area contributed by atoms with Crippen LogP contribution in [-0.2, 0) is 16.0 Å². The first kappa shape index (κ1) is 19.2. The van der Waals surface area contributed by atoms with Crippen molar-refractivity contribution in [2.75, 3.05) is 17.9 Å². The highest BCUT2D eigenvalue weighted by atomic mass is 32.2. The van der Waals surface area contributed by atoms with Crippen molar-refractivity contribution in [2.45, 2.75) is 39.2 Å². The molecule has 0 spiro atoms. The number of benzene rings is 1. The fourth-order valence-electron chi connectivity index (χ4n) is 1.64. The molecule has 0 radical (unpaired) electrons. The summed E-state index contributed by atoms with van der Waals surface area (Å²) in [5.41, 5.74) is 0.0522. The minimum absolute atomic E-state index is 0.414. The van der Waals surface area contributed by atoms with E-state index >= 15 is 0 Å². The Balaban J connectivity index is 2.13. The van der Waals surface area contributed by atoms with Crippen LogP contribution in [0.4, 0.5) is 10.5 Å². The van der Waals surface area contributed by atoms with Gasteiger partial charge in [0.15, 0.2) is 0 Å². The molecular formula is C15H24N2O5S. The van der Waals surface area contributed by atoms with Crippen molar-refractivity contribution < 1.29 is 23.0 Å². The first-order valence-corrected chi connectivity index (χ1v) is 8.44. The van der Waals surface area contributed by atoms with Crippen LogP contribution >= 0.6 is 0 Å². The van der Waals surface area contributed by atoms with Crippen molar-refractivity contribution in [3.63, 3.8) is 0 Å². The number of anilines is 1. The molecule has 0 fully saturated rings. The smallest absolute Gasteiger partial charge is 0.407 e. The molecule has 1 atom stereocenters. The van der Waals surface area contributed by atoms with Gasteiger partial charge in [-0.2, -0.15) is 0 Å². The number of nitrogens with one attached hydrogen (secondary N) is 2. The van der Waals surface area contributed by atoms with E-state index in [0.29, 0.717) is 24.6 Å². The number of alkyl carbamates (subject to hydrolysis) is 1. The lowest BCUT2D eigenvalue weighted by molar-refractivity contribution is 0.0526. The number of carbonyl (C=O) groups excluding carboxylic acids is 1. The third-order valence-electron chi connectivity index (χ3n) is 2.57. The molecule has 0 aromatic heterocycles. The van der Waals surface area contributed by atoms with E-state index < -0.39 is 23.0 Å². The van der Waals surface area contributed by atoms with E-state index in [1.54, 1.807) is 24.3 Å². The third kappa shape index (κ3) is 9.75. The van der Waals surface area contributed by atoms with E-state index in [1.165, 1.54) is 0 Å². The Morgan fingerprint density at radius 2 is 1.87 bits per heavy atom. The largest absolute Gasteiger partial charge is 0.494 e. The summed E-state index contributed by atoms with van der Waals surface area (Å²) in [6, 6.07) is 6.75. The second kappa shape index (κ2) is 9.36. The van der Waals surface area contributed by atoms with Crippen LogP contribution in [0.1, 0.15) is 33.6 Å². The summed E-state index contributed by atoms with van der Waals surface area (Å²) < 4.78 is 32.3. The summed E-state index contributed by atoms with van der Waals surface area (Å²) in [7, 11) is 0. The molecule has 0 saturated heterocycles. The summed E-state index contributed by atoms with van der Waals surface area (Å²) in [4.78, 5) is 11.4. The summed E-state index contributed by atoms with van der Waals surface area (Å²) in [5, 5.41) is 2.69. The van der Waals surface area contributed by atoms with Crippen LogP contribution < -0.4 is 14.8 Å². The van der Waals surface area contributed by atoms with Gasteiger partial charge in [0.2, 0.25) is 0 Å². The molecular weight excluding hydrogens is 320 g/mol. The van der Waals surface area contributed by atoms with Crippen molar-refractivity contribution >= 4 is 23.0 Å². The molecule has 7 nitrogen and oxygen atoms in total. The first-order chi connectivity index (χ1) is 10.8. The molecule has 1 amide bonds. The predicted molar refractivity (Wildman–Crippen MR) is 89.8 cm³/mol. The molecule has 1 aromatic carbocycles. The molecule has 130 valence electrons. The number of hydrogen-bond donors (Lipinski definition) is 3. The minimum atomic E-state index is -2.08. The van der Waals surface area contributed by atoms with Gasteiger partial charge < -0.3 is 14.8 Å². The van der Waals surface area contributed by atoms with Gasteiger partial charge in [0.25, 0.3) is 11.3 Å². The van der Waals surface area contributed by atoms with Gasteiger partial charge in [0, 0.05) is 12.2 Å². The molecule has 0 aliphatic carbocycles. The van der Waals surface area contributed by atoms with E-state index in [2.05, 4.69) is 10.0 Å². The Morgan fingerprint density at radius 1 is 1.22 bits per heavy atom. The normalized spacial score (nSPS) is 12.3. The van der Waals surface area contributed by atoms with E-state index in [4.69, 9.17) is 14.0 Å². The van der Waals surface area contributed by atoms with Gasteiger partial charge in [-0.1, -0.05) is 0 Å². The number of unbranched alkanes of at least 4 members (excludes halogenated alkanes) is 1. The topological polar surface area (TPSA) is 96.9 Å². The van der Waals surface area contributed by atoms with Crippen LogP contribution in [0, 0.1) is 0 Å². The number of carbonyl (C=O) groups is 1. The highest BCUT2D eigenvalue weighted by Crippen LogP contribution is 2.16. The molecule has 0 aliphatic rings. The lowest BCUT2D eigenvalue weighted by Crippen LogP contribution is -2.33. The van der Waals surface area contributed by atoms with Gasteiger partial charge in [-0.25, -0.2) is 9.00 Å². The van der Waals surface area contributed by atoms with Crippen LogP contribution in [0.3, 0.4) is 0 Å². The maximum atomic E-state index is 11.4. The zero-order valence-corrected chi connectivity index (χ0v) is 14.4. The van der Waals surface area contributed by atoms with Crippen LogP contribution in [0.25, 0.3) is 0 Å². The number of rotatable bonds is 8. The van der Waals surface area contributed by atoms with E-state index in [0.717, 1.165) is 12.8 Å². The van der Waals surface area contributed by atoms with Crippen molar-refractivity contribution in [1.82, 2.24) is 5.32 Å². The molecule has 1 rings (SSSR count). The summed E-state index contributed by atoms with van der Waals surface area (Å²) in [5.74, 6) is 0.680. The van der Waals surface area contributed by atoms with E-state index in [1.807, 2.05) is 20.8 Å². The van der Waals surface area contributed by atoms with Gasteiger partial charge in [-0.05, 0) is 57.9 Å². The number of hydrogen-bond acceptors (Lipinski definition) is 4. The van der Waals surface area contributed by atoms with Gasteiger partial charge in [0.05, 0.1) is 6.61 Å².